The Kier molecular flexibility index (Phi) is 4.87. The number of nitrogens with one attached hydrogen (secondary N) is 1. The summed E-state index contributed by atoms with van der Waals surface area (Å²) >= 11 is 0. The van der Waals surface area contributed by atoms with Crippen molar-refractivity contribution in [1.29, 1.82) is 0 Å². The van der Waals surface area contributed by atoms with Crippen molar-refractivity contribution in [3.63, 3.8) is 0 Å². The molecular formula is C24H19FN6O. The Morgan fingerprint density at radius 1 is 1.03 bits per heavy atom. The Labute approximate surface area is 183 Å². The number of aromatic nitrogens is 4. The number of aryl methyl sites for hydroxylation is 1. The van der Waals surface area contributed by atoms with E-state index in [9.17, 15) is 4.39 Å². The minimum atomic E-state index is -0.659. The zero-order valence-corrected chi connectivity index (χ0v) is 17.2. The van der Waals surface area contributed by atoms with E-state index in [0.29, 0.717) is 17.1 Å². The van der Waals surface area contributed by atoms with Gasteiger partial charge in [-0.25, -0.2) is 9.97 Å². The number of halogens is 1. The molecule has 3 heterocycles. The van der Waals surface area contributed by atoms with E-state index in [4.69, 9.17) is 10.5 Å². The van der Waals surface area contributed by atoms with Gasteiger partial charge in [0.15, 0.2) is 0 Å². The van der Waals surface area contributed by atoms with E-state index in [-0.39, 0.29) is 11.8 Å². The number of fused-ring (bicyclic) bond motifs is 1. The van der Waals surface area contributed by atoms with Crippen molar-refractivity contribution >= 4 is 28.2 Å². The number of hydrogen-bond donors (Lipinski definition) is 2. The second kappa shape index (κ2) is 7.99. The molecule has 0 radical (unpaired) electrons. The Bertz CT molecular complexity index is 1420. The maximum absolute atomic E-state index is 14.4. The fraction of sp³-hybridized carbons (Fsp3) is 0.0417. The summed E-state index contributed by atoms with van der Waals surface area (Å²) in [6, 6.07) is 18.6. The van der Waals surface area contributed by atoms with E-state index in [1.54, 1.807) is 30.5 Å². The van der Waals surface area contributed by atoms with Gasteiger partial charge in [0.2, 0.25) is 11.8 Å². The molecule has 0 amide bonds. The molecule has 0 fully saturated rings. The number of rotatable bonds is 5. The van der Waals surface area contributed by atoms with Gasteiger partial charge in [-0.1, -0.05) is 12.1 Å². The summed E-state index contributed by atoms with van der Waals surface area (Å²) in [6.45, 7) is 1.92. The first-order valence-corrected chi connectivity index (χ1v) is 9.93. The molecule has 32 heavy (non-hydrogen) atoms. The number of anilines is 3. The van der Waals surface area contributed by atoms with Crippen LogP contribution in [0, 0.1) is 12.7 Å². The topological polar surface area (TPSA) is 90.9 Å². The fourth-order valence-corrected chi connectivity index (χ4v) is 3.48. The molecule has 3 aromatic heterocycles. The third-order valence-corrected chi connectivity index (χ3v) is 5.05. The third-order valence-electron chi connectivity index (χ3n) is 5.05. The van der Waals surface area contributed by atoms with Gasteiger partial charge in [0.25, 0.3) is 5.88 Å². The minimum absolute atomic E-state index is 0.169. The average Bonchev–Trinajstić information content (AvgIpc) is 3.23. The van der Waals surface area contributed by atoms with Crippen LogP contribution in [0.25, 0.3) is 16.7 Å². The van der Waals surface area contributed by atoms with E-state index in [0.717, 1.165) is 28.5 Å². The summed E-state index contributed by atoms with van der Waals surface area (Å²) < 4.78 is 22.3. The lowest BCUT2D eigenvalue weighted by Crippen LogP contribution is -2.02. The summed E-state index contributed by atoms with van der Waals surface area (Å²) in [5.74, 6) is 0.692. The number of hydrogen-bond acceptors (Lipinski definition) is 6. The predicted octanol–water partition coefficient (Wildman–Crippen LogP) is 5.38. The van der Waals surface area contributed by atoms with Crippen LogP contribution in [0.1, 0.15) is 5.56 Å². The third kappa shape index (κ3) is 3.69. The summed E-state index contributed by atoms with van der Waals surface area (Å²) in [7, 11) is 0. The van der Waals surface area contributed by atoms with E-state index in [1.165, 1.54) is 0 Å². The van der Waals surface area contributed by atoms with Crippen molar-refractivity contribution in [2.75, 3.05) is 11.1 Å². The maximum Gasteiger partial charge on any atom is 0.260 e. The highest BCUT2D eigenvalue weighted by Gasteiger charge is 2.14. The molecule has 0 spiro atoms. The fourth-order valence-electron chi connectivity index (χ4n) is 3.48. The molecule has 0 unspecified atom stereocenters. The zero-order chi connectivity index (χ0) is 22.1. The van der Waals surface area contributed by atoms with Gasteiger partial charge in [-0.15, -0.1) is 0 Å². The monoisotopic (exact) mass is 426 g/mol. The summed E-state index contributed by atoms with van der Waals surface area (Å²) in [4.78, 5) is 12.6. The first-order valence-electron chi connectivity index (χ1n) is 9.93. The van der Waals surface area contributed by atoms with Crippen LogP contribution in [0.4, 0.5) is 21.7 Å². The van der Waals surface area contributed by atoms with E-state index < -0.39 is 5.82 Å². The molecule has 0 saturated heterocycles. The Morgan fingerprint density at radius 3 is 2.75 bits per heavy atom. The molecule has 7 nitrogen and oxygen atoms in total. The first-order chi connectivity index (χ1) is 15.6. The number of nitrogens with zero attached hydrogens (tertiary/aromatic N) is 4. The quantitative estimate of drug-likeness (QED) is 0.367. The molecule has 0 saturated carbocycles. The molecule has 0 atom stereocenters. The second-order valence-electron chi connectivity index (χ2n) is 7.19. The van der Waals surface area contributed by atoms with Crippen molar-refractivity contribution in [2.45, 2.75) is 6.92 Å². The number of nitrogen functional groups attached to an aromatic ring is 1. The molecule has 3 N–H and O–H groups in total. The molecule has 0 aliphatic carbocycles. The van der Waals surface area contributed by atoms with Gasteiger partial charge < -0.3 is 20.4 Å². The van der Waals surface area contributed by atoms with Crippen LogP contribution in [0.3, 0.4) is 0 Å². The van der Waals surface area contributed by atoms with Gasteiger partial charge in [0.05, 0.1) is 11.7 Å². The lowest BCUT2D eigenvalue weighted by molar-refractivity contribution is 0.419. The summed E-state index contributed by atoms with van der Waals surface area (Å²) in [6.07, 6.45) is 4.77. The molecule has 0 aliphatic rings. The van der Waals surface area contributed by atoms with Crippen LogP contribution in [0.2, 0.25) is 0 Å². The van der Waals surface area contributed by atoms with Gasteiger partial charge in [0, 0.05) is 34.7 Å². The minimum Gasteiger partial charge on any atom is -0.436 e. The number of pyridine rings is 1. The van der Waals surface area contributed by atoms with Gasteiger partial charge in [-0.2, -0.15) is 9.37 Å². The number of benzene rings is 2. The second-order valence-corrected chi connectivity index (χ2v) is 7.19. The van der Waals surface area contributed by atoms with Crippen molar-refractivity contribution in [3.8, 4) is 17.4 Å². The highest BCUT2D eigenvalue weighted by molar-refractivity contribution is 5.87. The van der Waals surface area contributed by atoms with Crippen molar-refractivity contribution in [3.05, 3.63) is 90.6 Å². The number of ether oxygens (including phenoxy) is 1. The lowest BCUT2D eigenvalue weighted by atomic mass is 10.1. The van der Waals surface area contributed by atoms with Gasteiger partial charge in [0.1, 0.15) is 11.6 Å². The van der Waals surface area contributed by atoms with E-state index in [2.05, 4.69) is 20.3 Å². The van der Waals surface area contributed by atoms with Crippen molar-refractivity contribution < 1.29 is 9.13 Å². The highest BCUT2D eigenvalue weighted by Crippen LogP contribution is 2.33. The van der Waals surface area contributed by atoms with Crippen molar-refractivity contribution in [2.24, 2.45) is 0 Å². The SMILES string of the molecule is Cc1c(Oc2nc(Nc3cccc(N)c3)ncc2F)ccc2c1ccn2-c1ccccn1. The smallest absolute Gasteiger partial charge is 0.260 e. The summed E-state index contributed by atoms with van der Waals surface area (Å²) in [5, 5.41) is 3.98. The zero-order valence-electron chi connectivity index (χ0n) is 17.2. The van der Waals surface area contributed by atoms with Crippen LogP contribution in [-0.2, 0) is 0 Å². The molecule has 5 aromatic rings. The predicted molar refractivity (Wildman–Crippen MR) is 122 cm³/mol. The van der Waals surface area contributed by atoms with E-state index in [1.807, 2.05) is 54.1 Å². The van der Waals surface area contributed by atoms with Crippen LogP contribution >= 0.6 is 0 Å². The van der Waals surface area contributed by atoms with E-state index >= 15 is 0 Å². The number of nitrogens with two attached hydrogens (primary N) is 1. The van der Waals surface area contributed by atoms with Crippen molar-refractivity contribution in [1.82, 2.24) is 19.5 Å². The van der Waals surface area contributed by atoms with Gasteiger partial charge in [-0.05, 0) is 55.5 Å². The average molecular weight is 426 g/mol. The Morgan fingerprint density at radius 2 is 1.94 bits per heavy atom. The molecule has 0 bridgehead atoms. The molecule has 158 valence electrons. The normalized spacial score (nSPS) is 10.9. The standard InChI is InChI=1S/C24H19FN6O/c1-15-18-10-12-31(22-7-2-3-11-27-22)20(18)8-9-21(15)32-23-19(25)14-28-24(30-23)29-17-6-4-5-16(26)13-17/h2-14H,26H2,1H3,(H,28,29,30). The lowest BCUT2D eigenvalue weighted by Gasteiger charge is -2.12. The van der Waals surface area contributed by atoms with Crippen LogP contribution in [-0.4, -0.2) is 19.5 Å². The molecule has 5 rings (SSSR count). The van der Waals surface area contributed by atoms with Gasteiger partial charge >= 0.3 is 0 Å². The first kappa shape index (κ1) is 19.5. The Balaban J connectivity index is 1.46. The largest absolute Gasteiger partial charge is 0.436 e. The molecule has 2 aromatic carbocycles. The van der Waals surface area contributed by atoms with Crippen LogP contribution < -0.4 is 15.8 Å². The Hall–Kier alpha value is -4.46. The molecular weight excluding hydrogens is 407 g/mol. The van der Waals surface area contributed by atoms with Gasteiger partial charge in [-0.3, -0.25) is 0 Å². The molecule has 8 heteroatoms. The van der Waals surface area contributed by atoms with Crippen LogP contribution in [0.15, 0.2) is 79.3 Å². The molecule has 0 aliphatic heterocycles. The maximum atomic E-state index is 14.4. The summed E-state index contributed by atoms with van der Waals surface area (Å²) in [5.41, 5.74) is 8.92. The highest BCUT2D eigenvalue weighted by atomic mass is 19.1. The van der Waals surface area contributed by atoms with Crippen LogP contribution in [0.5, 0.6) is 11.6 Å².